The molecule has 1 unspecified atom stereocenters. The molecular weight excluding hydrogens is 252 g/mol. The van der Waals surface area contributed by atoms with Crippen LogP contribution in [0.2, 0.25) is 0 Å². The number of nitrogens with two attached hydrogens (primary N) is 1. The molecule has 104 valence electrons. The minimum Gasteiger partial charge on any atom is -0.389 e. The molecule has 1 heterocycles. The average Bonchev–Trinajstić information content (AvgIpc) is 2.77. The second kappa shape index (κ2) is 5.12. The zero-order valence-electron chi connectivity index (χ0n) is 12.4. The number of rotatable bonds is 2. The van der Waals surface area contributed by atoms with E-state index in [1.54, 1.807) is 0 Å². The molecule has 0 saturated carbocycles. The van der Waals surface area contributed by atoms with E-state index in [1.807, 2.05) is 0 Å². The summed E-state index contributed by atoms with van der Waals surface area (Å²) in [6.07, 6.45) is 1.24. The Bertz CT molecular complexity index is 488. The summed E-state index contributed by atoms with van der Waals surface area (Å²) in [5, 5.41) is 0. The molecule has 0 amide bonds. The van der Waals surface area contributed by atoms with Crippen LogP contribution in [0.25, 0.3) is 0 Å². The van der Waals surface area contributed by atoms with Crippen molar-refractivity contribution in [2.24, 2.45) is 17.1 Å². The van der Waals surface area contributed by atoms with Gasteiger partial charge in [-0.1, -0.05) is 44.6 Å². The van der Waals surface area contributed by atoms with Crippen LogP contribution in [0.3, 0.4) is 0 Å². The van der Waals surface area contributed by atoms with E-state index in [-0.39, 0.29) is 0 Å². The van der Waals surface area contributed by atoms with E-state index in [1.165, 1.54) is 17.7 Å². The van der Waals surface area contributed by atoms with Crippen LogP contribution in [0.4, 0.5) is 5.69 Å². The summed E-state index contributed by atoms with van der Waals surface area (Å²) < 4.78 is 0. The first-order valence-electron chi connectivity index (χ1n) is 6.94. The van der Waals surface area contributed by atoms with Crippen molar-refractivity contribution >= 4 is 22.9 Å². The molecule has 0 radical (unpaired) electrons. The van der Waals surface area contributed by atoms with Crippen molar-refractivity contribution in [3.63, 3.8) is 0 Å². The van der Waals surface area contributed by atoms with Crippen molar-refractivity contribution in [1.29, 1.82) is 0 Å². The van der Waals surface area contributed by atoms with Crippen LogP contribution in [-0.2, 0) is 0 Å². The molecule has 1 fully saturated rings. The van der Waals surface area contributed by atoms with Crippen LogP contribution in [-0.4, -0.2) is 18.1 Å². The third-order valence-corrected chi connectivity index (χ3v) is 4.39. The Morgan fingerprint density at radius 1 is 1.37 bits per heavy atom. The van der Waals surface area contributed by atoms with Gasteiger partial charge in [0, 0.05) is 24.3 Å². The van der Waals surface area contributed by atoms with Gasteiger partial charge in [-0.15, -0.1) is 0 Å². The molecule has 1 aliphatic heterocycles. The molecule has 1 aliphatic rings. The Kier molecular flexibility index (Phi) is 3.86. The molecule has 1 aromatic rings. The maximum atomic E-state index is 5.88. The van der Waals surface area contributed by atoms with Gasteiger partial charge in [-0.3, -0.25) is 0 Å². The van der Waals surface area contributed by atoms with Crippen LogP contribution < -0.4 is 10.6 Å². The molecule has 0 aromatic heterocycles. The first kappa shape index (κ1) is 14.3. The summed E-state index contributed by atoms with van der Waals surface area (Å²) in [6.45, 7) is 11.2. The van der Waals surface area contributed by atoms with E-state index < -0.39 is 0 Å². The number of hydrogen-bond donors (Lipinski definition) is 1. The summed E-state index contributed by atoms with van der Waals surface area (Å²) in [5.74, 6) is 0.730. The van der Waals surface area contributed by atoms with Crippen molar-refractivity contribution < 1.29 is 0 Å². The van der Waals surface area contributed by atoms with Crippen LogP contribution in [0.5, 0.6) is 0 Å². The highest BCUT2D eigenvalue weighted by Gasteiger charge is 2.32. The lowest BCUT2D eigenvalue weighted by Gasteiger charge is -2.28. The van der Waals surface area contributed by atoms with Crippen molar-refractivity contribution in [2.45, 2.75) is 34.1 Å². The lowest BCUT2D eigenvalue weighted by molar-refractivity contribution is 0.263. The lowest BCUT2D eigenvalue weighted by Crippen LogP contribution is -2.27. The van der Waals surface area contributed by atoms with Crippen LogP contribution >= 0.6 is 12.2 Å². The fraction of sp³-hybridized carbons (Fsp3) is 0.562. The molecule has 0 aliphatic carbocycles. The number of aryl methyl sites for hydroxylation is 1. The van der Waals surface area contributed by atoms with E-state index in [0.717, 1.165) is 24.6 Å². The Morgan fingerprint density at radius 2 is 2.05 bits per heavy atom. The zero-order valence-corrected chi connectivity index (χ0v) is 13.2. The molecule has 0 bridgehead atoms. The Hall–Kier alpha value is -1.09. The van der Waals surface area contributed by atoms with Gasteiger partial charge >= 0.3 is 0 Å². The molecular formula is C16H24N2S. The molecule has 19 heavy (non-hydrogen) atoms. The fourth-order valence-corrected chi connectivity index (χ4v) is 2.97. The molecule has 1 aromatic carbocycles. The van der Waals surface area contributed by atoms with Crippen LogP contribution in [0.15, 0.2) is 18.2 Å². The van der Waals surface area contributed by atoms with Crippen molar-refractivity contribution in [3.8, 4) is 0 Å². The predicted molar refractivity (Wildman–Crippen MR) is 86.8 cm³/mol. The zero-order chi connectivity index (χ0) is 14.2. The van der Waals surface area contributed by atoms with Gasteiger partial charge in [-0.2, -0.15) is 0 Å². The summed E-state index contributed by atoms with van der Waals surface area (Å²) in [7, 11) is 0. The molecule has 2 rings (SSSR count). The number of anilines is 1. The number of thiocarbonyl (C=S) groups is 1. The van der Waals surface area contributed by atoms with Crippen LogP contribution in [0.1, 0.15) is 38.3 Å². The predicted octanol–water partition coefficient (Wildman–Crippen LogP) is 3.50. The summed E-state index contributed by atoms with van der Waals surface area (Å²) in [4.78, 5) is 2.93. The average molecular weight is 276 g/mol. The van der Waals surface area contributed by atoms with Crippen molar-refractivity contribution in [2.75, 3.05) is 18.0 Å². The highest BCUT2D eigenvalue weighted by molar-refractivity contribution is 7.80. The largest absolute Gasteiger partial charge is 0.389 e. The van der Waals surface area contributed by atoms with Gasteiger partial charge < -0.3 is 10.6 Å². The van der Waals surface area contributed by atoms with Crippen molar-refractivity contribution in [3.05, 3.63) is 29.3 Å². The van der Waals surface area contributed by atoms with E-state index >= 15 is 0 Å². The Morgan fingerprint density at radius 3 is 2.58 bits per heavy atom. The number of nitrogens with zero attached hydrogens (tertiary/aromatic N) is 1. The van der Waals surface area contributed by atoms with Gasteiger partial charge in [0.05, 0.1) is 0 Å². The van der Waals surface area contributed by atoms with Gasteiger partial charge in [-0.05, 0) is 36.8 Å². The van der Waals surface area contributed by atoms with Crippen molar-refractivity contribution in [1.82, 2.24) is 0 Å². The first-order valence-corrected chi connectivity index (χ1v) is 7.35. The number of hydrogen-bond acceptors (Lipinski definition) is 2. The van der Waals surface area contributed by atoms with Gasteiger partial charge in [0.1, 0.15) is 4.99 Å². The summed E-state index contributed by atoms with van der Waals surface area (Å²) in [5.41, 5.74) is 9.66. The standard InChI is InChI=1S/C16H24N2S/c1-11-5-6-14(13(9-11)15(17)19)18-8-7-12(10-18)16(2,3)4/h5-6,9,12H,7-8,10H2,1-4H3,(H2,17,19). The minimum absolute atomic E-state index is 0.364. The summed E-state index contributed by atoms with van der Waals surface area (Å²) >= 11 is 5.20. The van der Waals surface area contributed by atoms with E-state index in [4.69, 9.17) is 18.0 Å². The minimum atomic E-state index is 0.364. The van der Waals surface area contributed by atoms with E-state index in [2.05, 4.69) is 50.8 Å². The maximum absolute atomic E-state index is 5.88. The van der Waals surface area contributed by atoms with E-state index in [0.29, 0.717) is 10.4 Å². The first-order chi connectivity index (χ1) is 8.79. The molecule has 2 N–H and O–H groups in total. The van der Waals surface area contributed by atoms with Gasteiger partial charge in [0.2, 0.25) is 0 Å². The molecule has 2 nitrogen and oxygen atoms in total. The topological polar surface area (TPSA) is 29.3 Å². The third kappa shape index (κ3) is 3.08. The smallest absolute Gasteiger partial charge is 0.106 e. The second-order valence-corrected chi connectivity index (χ2v) is 7.12. The Balaban J connectivity index is 2.27. The third-order valence-electron chi connectivity index (χ3n) is 4.17. The fourth-order valence-electron chi connectivity index (χ4n) is 2.81. The van der Waals surface area contributed by atoms with E-state index in [9.17, 15) is 0 Å². The quantitative estimate of drug-likeness (QED) is 0.838. The van der Waals surface area contributed by atoms with Gasteiger partial charge in [0.15, 0.2) is 0 Å². The highest BCUT2D eigenvalue weighted by Crippen LogP contribution is 2.36. The van der Waals surface area contributed by atoms with Crippen LogP contribution in [0, 0.1) is 18.3 Å². The molecule has 1 saturated heterocycles. The number of benzene rings is 1. The second-order valence-electron chi connectivity index (χ2n) is 6.68. The normalized spacial score (nSPS) is 19.8. The summed E-state index contributed by atoms with van der Waals surface area (Å²) in [6, 6.07) is 6.40. The SMILES string of the molecule is Cc1ccc(N2CCC(C(C)(C)C)C2)c(C(N)=S)c1. The molecule has 0 spiro atoms. The molecule has 1 atom stereocenters. The van der Waals surface area contributed by atoms with Gasteiger partial charge in [-0.25, -0.2) is 0 Å². The lowest BCUT2D eigenvalue weighted by atomic mass is 9.80. The van der Waals surface area contributed by atoms with Gasteiger partial charge in [0.25, 0.3) is 0 Å². The molecule has 3 heteroatoms. The Labute approximate surface area is 122 Å². The monoisotopic (exact) mass is 276 g/mol. The highest BCUT2D eigenvalue weighted by atomic mass is 32.1. The maximum Gasteiger partial charge on any atom is 0.106 e.